The molecule has 0 aliphatic heterocycles. The number of rotatable bonds is 3. The van der Waals surface area contributed by atoms with Crippen LogP contribution in [-0.2, 0) is 0 Å². The molecule has 1 fully saturated rings. The fraction of sp³-hybridized carbons (Fsp3) is 0.583. The highest BCUT2D eigenvalue weighted by Gasteiger charge is 2.32. The third kappa shape index (κ3) is 1.92. The first-order chi connectivity index (χ1) is 7.50. The quantitative estimate of drug-likeness (QED) is 0.850. The predicted octanol–water partition coefficient (Wildman–Crippen LogP) is 2.48. The highest BCUT2D eigenvalue weighted by molar-refractivity contribution is 5.90. The van der Waals surface area contributed by atoms with Crippen LogP contribution in [0.5, 0.6) is 0 Å². The van der Waals surface area contributed by atoms with Crippen molar-refractivity contribution in [2.45, 2.75) is 45.4 Å². The van der Waals surface area contributed by atoms with E-state index in [-0.39, 0.29) is 5.92 Å². The Kier molecular flexibility index (Phi) is 2.66. The molecular weight excluding hydrogens is 204 g/mol. The summed E-state index contributed by atoms with van der Waals surface area (Å²) in [6.07, 6.45) is 2.10. The highest BCUT2D eigenvalue weighted by atomic mass is 16.4. The van der Waals surface area contributed by atoms with Crippen LogP contribution < -0.4 is 0 Å². The Morgan fingerprint density at radius 3 is 2.44 bits per heavy atom. The van der Waals surface area contributed by atoms with E-state index in [4.69, 9.17) is 0 Å². The molecule has 4 heteroatoms. The molecule has 2 rings (SSSR count). The zero-order valence-electron chi connectivity index (χ0n) is 9.82. The van der Waals surface area contributed by atoms with Crippen LogP contribution in [0, 0.1) is 6.92 Å². The average molecular weight is 220 g/mol. The maximum absolute atomic E-state index is 11.2. The van der Waals surface area contributed by atoms with Crippen molar-refractivity contribution in [2.75, 3.05) is 0 Å². The largest absolute Gasteiger partial charge is 0.478 e. The molecule has 86 valence electrons. The molecule has 16 heavy (non-hydrogen) atoms. The molecule has 1 heterocycles. The average Bonchev–Trinajstić information content (AvgIpc) is 2.98. The van der Waals surface area contributed by atoms with E-state index in [9.17, 15) is 9.90 Å². The summed E-state index contributed by atoms with van der Waals surface area (Å²) in [5, 5.41) is 9.17. The smallest absolute Gasteiger partial charge is 0.339 e. The molecule has 4 nitrogen and oxygen atoms in total. The minimum Gasteiger partial charge on any atom is -0.478 e. The van der Waals surface area contributed by atoms with Crippen molar-refractivity contribution in [3.8, 4) is 0 Å². The second-order valence-corrected chi connectivity index (χ2v) is 4.66. The summed E-state index contributed by atoms with van der Waals surface area (Å²) in [5.74, 6) is 0.420. The van der Waals surface area contributed by atoms with Gasteiger partial charge in [-0.25, -0.2) is 14.8 Å². The lowest BCUT2D eigenvalue weighted by Gasteiger charge is -2.11. The van der Waals surface area contributed by atoms with Gasteiger partial charge in [-0.1, -0.05) is 13.8 Å². The first-order valence-corrected chi connectivity index (χ1v) is 5.62. The molecule has 1 saturated carbocycles. The van der Waals surface area contributed by atoms with E-state index in [1.54, 1.807) is 6.92 Å². The molecule has 1 aliphatic carbocycles. The summed E-state index contributed by atoms with van der Waals surface area (Å²) in [7, 11) is 0. The number of nitrogens with zero attached hydrogens (tertiary/aromatic N) is 2. The molecule has 1 aromatic rings. The molecule has 0 bridgehead atoms. The van der Waals surface area contributed by atoms with Gasteiger partial charge in [0.15, 0.2) is 0 Å². The van der Waals surface area contributed by atoms with Gasteiger partial charge in [0, 0.05) is 11.8 Å². The van der Waals surface area contributed by atoms with E-state index >= 15 is 0 Å². The minimum absolute atomic E-state index is 0.235. The molecule has 0 atom stereocenters. The standard InChI is InChI=1S/C12H16N2O2/c1-6(2)11-13-7(3)9(12(15)16)10(14-11)8-4-5-8/h6,8H,4-5H2,1-3H3,(H,15,16). The number of aromatic nitrogens is 2. The van der Waals surface area contributed by atoms with Gasteiger partial charge >= 0.3 is 5.97 Å². The van der Waals surface area contributed by atoms with Crippen LogP contribution in [-0.4, -0.2) is 21.0 Å². The lowest BCUT2D eigenvalue weighted by molar-refractivity contribution is 0.0693. The highest BCUT2D eigenvalue weighted by Crippen LogP contribution is 2.41. The molecule has 0 saturated heterocycles. The number of hydrogen-bond acceptors (Lipinski definition) is 3. The van der Waals surface area contributed by atoms with Crippen LogP contribution in [0.3, 0.4) is 0 Å². The van der Waals surface area contributed by atoms with E-state index in [2.05, 4.69) is 9.97 Å². The van der Waals surface area contributed by atoms with Crippen LogP contribution in [0.2, 0.25) is 0 Å². The Morgan fingerprint density at radius 1 is 1.38 bits per heavy atom. The van der Waals surface area contributed by atoms with Crippen molar-refractivity contribution in [1.82, 2.24) is 9.97 Å². The second-order valence-electron chi connectivity index (χ2n) is 4.66. The molecule has 0 radical (unpaired) electrons. The van der Waals surface area contributed by atoms with Crippen molar-refractivity contribution in [3.63, 3.8) is 0 Å². The van der Waals surface area contributed by atoms with E-state index in [1.807, 2.05) is 13.8 Å². The van der Waals surface area contributed by atoms with Gasteiger partial charge in [0.05, 0.1) is 11.4 Å². The van der Waals surface area contributed by atoms with Crippen LogP contribution in [0.15, 0.2) is 0 Å². The Labute approximate surface area is 94.7 Å². The number of hydrogen-bond donors (Lipinski definition) is 1. The van der Waals surface area contributed by atoms with Crippen LogP contribution >= 0.6 is 0 Å². The third-order valence-electron chi connectivity index (χ3n) is 2.83. The first-order valence-electron chi connectivity index (χ1n) is 5.62. The van der Waals surface area contributed by atoms with Crippen molar-refractivity contribution in [3.05, 3.63) is 22.8 Å². The lowest BCUT2D eigenvalue weighted by atomic mass is 10.1. The van der Waals surface area contributed by atoms with E-state index in [0.717, 1.165) is 24.4 Å². The predicted molar refractivity (Wildman–Crippen MR) is 59.8 cm³/mol. The summed E-state index contributed by atoms with van der Waals surface area (Å²) in [6.45, 7) is 5.79. The van der Waals surface area contributed by atoms with Crippen molar-refractivity contribution in [1.29, 1.82) is 0 Å². The summed E-state index contributed by atoms with van der Waals surface area (Å²) in [6, 6.07) is 0. The number of aromatic carboxylic acids is 1. The van der Waals surface area contributed by atoms with E-state index in [1.165, 1.54) is 0 Å². The second kappa shape index (κ2) is 3.85. The number of carboxylic acids is 1. The molecule has 1 N–H and O–H groups in total. The van der Waals surface area contributed by atoms with Crippen LogP contribution in [0.1, 0.15) is 66.1 Å². The van der Waals surface area contributed by atoms with Gasteiger partial charge in [-0.15, -0.1) is 0 Å². The summed E-state index contributed by atoms with van der Waals surface area (Å²) in [5.41, 5.74) is 1.64. The summed E-state index contributed by atoms with van der Waals surface area (Å²) < 4.78 is 0. The molecule has 0 aromatic carbocycles. The molecular formula is C12H16N2O2. The van der Waals surface area contributed by atoms with Gasteiger partial charge in [0.2, 0.25) is 0 Å². The third-order valence-corrected chi connectivity index (χ3v) is 2.83. The normalized spacial score (nSPS) is 15.5. The zero-order valence-corrected chi connectivity index (χ0v) is 9.82. The Hall–Kier alpha value is -1.45. The molecule has 0 unspecified atom stereocenters. The fourth-order valence-corrected chi connectivity index (χ4v) is 1.79. The SMILES string of the molecule is Cc1nc(C(C)C)nc(C2CC2)c1C(=O)O. The van der Waals surface area contributed by atoms with Gasteiger partial charge < -0.3 is 5.11 Å². The Morgan fingerprint density at radius 2 is 2.00 bits per heavy atom. The monoisotopic (exact) mass is 220 g/mol. The van der Waals surface area contributed by atoms with E-state index in [0.29, 0.717) is 17.2 Å². The number of carboxylic acid groups (broad SMARTS) is 1. The number of aryl methyl sites for hydroxylation is 1. The first kappa shape index (κ1) is 11.0. The molecule has 0 spiro atoms. The zero-order chi connectivity index (χ0) is 11.9. The fourth-order valence-electron chi connectivity index (χ4n) is 1.79. The molecule has 1 aliphatic rings. The molecule has 1 aromatic heterocycles. The lowest BCUT2D eigenvalue weighted by Crippen LogP contribution is -2.12. The minimum atomic E-state index is -0.908. The summed E-state index contributed by atoms with van der Waals surface area (Å²) in [4.78, 5) is 19.9. The Bertz CT molecular complexity index is 437. The maximum atomic E-state index is 11.2. The number of carbonyl (C=O) groups is 1. The van der Waals surface area contributed by atoms with Crippen LogP contribution in [0.4, 0.5) is 0 Å². The molecule has 0 amide bonds. The topological polar surface area (TPSA) is 63.1 Å². The van der Waals surface area contributed by atoms with Crippen molar-refractivity contribution >= 4 is 5.97 Å². The summed E-state index contributed by atoms with van der Waals surface area (Å²) >= 11 is 0. The van der Waals surface area contributed by atoms with Gasteiger partial charge in [-0.3, -0.25) is 0 Å². The van der Waals surface area contributed by atoms with Crippen molar-refractivity contribution < 1.29 is 9.90 Å². The van der Waals surface area contributed by atoms with Gasteiger partial charge in [0.1, 0.15) is 11.4 Å². The van der Waals surface area contributed by atoms with Crippen LogP contribution in [0.25, 0.3) is 0 Å². The van der Waals surface area contributed by atoms with Gasteiger partial charge in [-0.05, 0) is 19.8 Å². The Balaban J connectivity index is 2.56. The van der Waals surface area contributed by atoms with E-state index < -0.39 is 5.97 Å². The maximum Gasteiger partial charge on any atom is 0.339 e. The van der Waals surface area contributed by atoms with Gasteiger partial charge in [0.25, 0.3) is 0 Å². The van der Waals surface area contributed by atoms with Crippen molar-refractivity contribution in [2.24, 2.45) is 0 Å². The van der Waals surface area contributed by atoms with Gasteiger partial charge in [-0.2, -0.15) is 0 Å².